The quantitative estimate of drug-likeness (QED) is 0.602. The third kappa shape index (κ3) is 4.04. The summed E-state index contributed by atoms with van der Waals surface area (Å²) in [6.45, 7) is 4.65. The maximum Gasteiger partial charge on any atom is 0.177 e. The van der Waals surface area contributed by atoms with Gasteiger partial charge in [0, 0.05) is 23.8 Å². The first kappa shape index (κ1) is 18.6. The van der Waals surface area contributed by atoms with Crippen LogP contribution in [0.5, 0.6) is 5.75 Å². The van der Waals surface area contributed by atoms with Gasteiger partial charge >= 0.3 is 0 Å². The van der Waals surface area contributed by atoms with E-state index in [0.29, 0.717) is 18.7 Å². The Kier molecular flexibility index (Phi) is 5.34. The summed E-state index contributed by atoms with van der Waals surface area (Å²) in [6, 6.07) is 10.7. The number of rotatable bonds is 6. The molecule has 1 saturated carbocycles. The minimum atomic E-state index is 0.335. The van der Waals surface area contributed by atoms with Crippen molar-refractivity contribution in [3.8, 4) is 5.75 Å². The molecular weight excluding hydrogens is 352 g/mol. The summed E-state index contributed by atoms with van der Waals surface area (Å²) >= 11 is 0. The highest BCUT2D eigenvalue weighted by Crippen LogP contribution is 2.27. The summed E-state index contributed by atoms with van der Waals surface area (Å²) < 4.78 is 7.41. The highest BCUT2D eigenvalue weighted by atomic mass is 16.5. The van der Waals surface area contributed by atoms with Gasteiger partial charge in [-0.05, 0) is 63.8 Å². The van der Waals surface area contributed by atoms with Crippen LogP contribution < -0.4 is 21.1 Å². The second-order valence-corrected chi connectivity index (χ2v) is 7.42. The molecule has 28 heavy (non-hydrogen) atoms. The van der Waals surface area contributed by atoms with Gasteiger partial charge in [-0.3, -0.25) is 0 Å². The highest BCUT2D eigenvalue weighted by Gasteiger charge is 2.19. The van der Waals surface area contributed by atoms with Crippen LogP contribution in [0, 0.1) is 6.92 Å². The molecule has 1 aliphatic carbocycles. The number of aryl methyl sites for hydroxylation is 1. The fraction of sp³-hybridized carbons (Fsp3) is 0.429. The van der Waals surface area contributed by atoms with Crippen LogP contribution in [-0.4, -0.2) is 33.3 Å². The molecule has 1 fully saturated rings. The van der Waals surface area contributed by atoms with Crippen LogP contribution in [0.25, 0.3) is 5.65 Å². The molecule has 3 aromatic rings. The third-order valence-electron chi connectivity index (χ3n) is 5.21. The van der Waals surface area contributed by atoms with Crippen LogP contribution in [0.2, 0.25) is 0 Å². The lowest BCUT2D eigenvalue weighted by Gasteiger charge is -2.27. The number of aromatic nitrogens is 3. The number of benzene rings is 1. The maximum atomic E-state index is 6.04. The summed E-state index contributed by atoms with van der Waals surface area (Å²) in [4.78, 5) is 4.53. The van der Waals surface area contributed by atoms with Crippen LogP contribution in [0.3, 0.4) is 0 Å². The van der Waals surface area contributed by atoms with Gasteiger partial charge in [0.1, 0.15) is 11.6 Å². The molecule has 0 atom stereocenters. The van der Waals surface area contributed by atoms with E-state index in [-0.39, 0.29) is 0 Å². The molecule has 1 aromatic carbocycles. The lowest BCUT2D eigenvalue weighted by atomic mass is 9.92. The molecule has 0 unspecified atom stereocenters. The van der Waals surface area contributed by atoms with Crippen LogP contribution >= 0.6 is 0 Å². The molecule has 4 rings (SSSR count). The smallest absolute Gasteiger partial charge is 0.177 e. The van der Waals surface area contributed by atoms with Gasteiger partial charge in [-0.15, -0.1) is 5.10 Å². The predicted molar refractivity (Wildman–Crippen MR) is 112 cm³/mol. The van der Waals surface area contributed by atoms with Crippen molar-refractivity contribution in [3.05, 3.63) is 42.2 Å². The number of ether oxygens (including phenoxy) is 1. The normalized spacial score (nSPS) is 19.5. The van der Waals surface area contributed by atoms with Crippen molar-refractivity contribution < 1.29 is 4.74 Å². The Morgan fingerprint density at radius 3 is 2.64 bits per heavy atom. The van der Waals surface area contributed by atoms with Gasteiger partial charge in [-0.1, -0.05) is 0 Å². The molecule has 2 heterocycles. The Balaban J connectivity index is 1.59. The minimum Gasteiger partial charge on any atom is -0.494 e. The Morgan fingerprint density at radius 2 is 1.93 bits per heavy atom. The maximum absolute atomic E-state index is 6.04. The number of hydrogen-bond acceptors (Lipinski definition) is 6. The Bertz CT molecular complexity index is 928. The van der Waals surface area contributed by atoms with E-state index in [4.69, 9.17) is 15.6 Å². The number of nitrogens with zero attached hydrogens (tertiary/aromatic N) is 3. The first-order chi connectivity index (χ1) is 13.6. The molecule has 0 amide bonds. The summed E-state index contributed by atoms with van der Waals surface area (Å²) in [5.41, 5.74) is 9.74. The van der Waals surface area contributed by atoms with Crippen LogP contribution in [0.15, 0.2) is 36.5 Å². The summed E-state index contributed by atoms with van der Waals surface area (Å²) in [5.74, 6) is 1.71. The van der Waals surface area contributed by atoms with Gasteiger partial charge in [0.2, 0.25) is 0 Å². The van der Waals surface area contributed by atoms with E-state index in [1.807, 2.05) is 54.9 Å². The SMILES string of the molecule is CCOc1ccc(Nc2cc(N[C@H]3CC[C@H](N)CC3)nn3c(C)cnc23)cc1. The number of anilines is 3. The van der Waals surface area contributed by atoms with Crippen LogP contribution in [-0.2, 0) is 0 Å². The number of nitrogens with two attached hydrogens (primary N) is 1. The van der Waals surface area contributed by atoms with E-state index in [9.17, 15) is 0 Å². The lowest BCUT2D eigenvalue weighted by molar-refractivity contribution is 0.340. The zero-order valence-electron chi connectivity index (χ0n) is 16.5. The third-order valence-corrected chi connectivity index (χ3v) is 5.21. The molecule has 0 radical (unpaired) electrons. The minimum absolute atomic E-state index is 0.335. The van der Waals surface area contributed by atoms with Crippen molar-refractivity contribution in [2.75, 3.05) is 17.2 Å². The molecule has 0 saturated heterocycles. The van der Waals surface area contributed by atoms with Crippen LogP contribution in [0.1, 0.15) is 38.3 Å². The standard InChI is InChI=1S/C21H28N6O/c1-3-28-18-10-8-16(9-11-18)24-19-12-20(25-17-6-4-15(22)5-7-17)26-27-14(2)13-23-21(19)27/h8-13,15,17,24H,3-7,22H2,1-2H3,(H,25,26)/t15-,17-. The van der Waals surface area contributed by atoms with Crippen molar-refractivity contribution in [2.45, 2.75) is 51.6 Å². The highest BCUT2D eigenvalue weighted by molar-refractivity contribution is 5.76. The first-order valence-electron chi connectivity index (χ1n) is 9.99. The van der Waals surface area contributed by atoms with Gasteiger partial charge in [0.05, 0.1) is 24.2 Å². The molecular formula is C21H28N6O. The first-order valence-corrected chi connectivity index (χ1v) is 9.99. The Labute approximate surface area is 165 Å². The van der Waals surface area contributed by atoms with E-state index >= 15 is 0 Å². The van der Waals surface area contributed by atoms with Crippen molar-refractivity contribution in [1.82, 2.24) is 14.6 Å². The van der Waals surface area contributed by atoms with Crippen molar-refractivity contribution in [2.24, 2.45) is 5.73 Å². The molecule has 148 valence electrons. The molecule has 2 aromatic heterocycles. The van der Waals surface area contributed by atoms with Crippen molar-refractivity contribution in [1.29, 1.82) is 0 Å². The average molecular weight is 380 g/mol. The molecule has 0 aliphatic heterocycles. The van der Waals surface area contributed by atoms with Gasteiger partial charge in [-0.2, -0.15) is 0 Å². The van der Waals surface area contributed by atoms with E-state index in [0.717, 1.165) is 60.0 Å². The fourth-order valence-corrected chi connectivity index (χ4v) is 3.67. The number of imidazole rings is 1. The second-order valence-electron chi connectivity index (χ2n) is 7.42. The van der Waals surface area contributed by atoms with Crippen molar-refractivity contribution >= 4 is 22.8 Å². The molecule has 0 bridgehead atoms. The second kappa shape index (κ2) is 8.06. The van der Waals surface area contributed by atoms with Crippen molar-refractivity contribution in [3.63, 3.8) is 0 Å². The van der Waals surface area contributed by atoms with Crippen LogP contribution in [0.4, 0.5) is 17.2 Å². The average Bonchev–Trinajstić information content (AvgIpc) is 3.07. The lowest BCUT2D eigenvalue weighted by Crippen LogP contribution is -2.33. The predicted octanol–water partition coefficient (Wildman–Crippen LogP) is 3.86. The monoisotopic (exact) mass is 380 g/mol. The van der Waals surface area contributed by atoms with E-state index in [1.165, 1.54) is 0 Å². The topological polar surface area (TPSA) is 89.5 Å². The van der Waals surface area contributed by atoms with Gasteiger partial charge in [0.15, 0.2) is 5.65 Å². The van der Waals surface area contributed by atoms with E-state index in [1.54, 1.807) is 0 Å². The fourth-order valence-electron chi connectivity index (χ4n) is 3.67. The van der Waals surface area contributed by atoms with E-state index in [2.05, 4.69) is 15.6 Å². The summed E-state index contributed by atoms with van der Waals surface area (Å²) in [7, 11) is 0. The molecule has 7 nitrogen and oxygen atoms in total. The molecule has 7 heteroatoms. The summed E-state index contributed by atoms with van der Waals surface area (Å²) in [6.07, 6.45) is 6.11. The number of hydrogen-bond donors (Lipinski definition) is 3. The van der Waals surface area contributed by atoms with Gasteiger partial charge in [0.25, 0.3) is 0 Å². The molecule has 4 N–H and O–H groups in total. The van der Waals surface area contributed by atoms with Gasteiger partial charge in [-0.25, -0.2) is 9.50 Å². The number of nitrogens with one attached hydrogen (secondary N) is 2. The molecule has 1 aliphatic rings. The Morgan fingerprint density at radius 1 is 1.18 bits per heavy atom. The molecule has 0 spiro atoms. The van der Waals surface area contributed by atoms with E-state index < -0.39 is 0 Å². The van der Waals surface area contributed by atoms with Gasteiger partial charge < -0.3 is 21.1 Å². The zero-order valence-corrected chi connectivity index (χ0v) is 16.5. The zero-order chi connectivity index (χ0) is 19.5. The summed E-state index contributed by atoms with van der Waals surface area (Å²) in [5, 5.41) is 11.8. The Hall–Kier alpha value is -2.80. The number of fused-ring (bicyclic) bond motifs is 1. The largest absolute Gasteiger partial charge is 0.494 e.